The van der Waals surface area contributed by atoms with Gasteiger partial charge in [-0.2, -0.15) is 0 Å². The highest BCUT2D eigenvalue weighted by Crippen LogP contribution is 2.04. The van der Waals surface area contributed by atoms with E-state index in [1.54, 1.807) is 20.8 Å². The van der Waals surface area contributed by atoms with E-state index >= 15 is 0 Å². The number of carboxylic acids is 2. The predicted octanol–water partition coefficient (Wildman–Crippen LogP) is 0.724. The summed E-state index contributed by atoms with van der Waals surface area (Å²) in [6, 6.07) is -1.03. The Balaban J connectivity index is 0. The van der Waals surface area contributed by atoms with Crippen LogP contribution in [0.2, 0.25) is 0 Å². The molecule has 0 bridgehead atoms. The van der Waals surface area contributed by atoms with Crippen molar-refractivity contribution < 1.29 is 19.8 Å². The molecular formula is C8H16ClNO4. The van der Waals surface area contributed by atoms with Crippen molar-refractivity contribution >= 4 is 24.3 Å². The second-order valence-corrected chi connectivity index (χ2v) is 3.88. The molecule has 0 rings (SSSR count). The van der Waals surface area contributed by atoms with E-state index in [0.717, 1.165) is 0 Å². The summed E-state index contributed by atoms with van der Waals surface area (Å²) in [4.78, 5) is 20.9. The van der Waals surface area contributed by atoms with Crippen molar-refractivity contribution in [2.75, 3.05) is 0 Å². The summed E-state index contributed by atoms with van der Waals surface area (Å²) in [5.41, 5.74) is -0.404. The van der Waals surface area contributed by atoms with Crippen LogP contribution in [0.15, 0.2) is 0 Å². The number of carbonyl (C=O) groups is 2. The Hall–Kier alpha value is -0.810. The van der Waals surface area contributed by atoms with Gasteiger partial charge in [0, 0.05) is 5.54 Å². The minimum atomic E-state index is -1.14. The van der Waals surface area contributed by atoms with E-state index in [4.69, 9.17) is 10.2 Å². The molecule has 0 heterocycles. The van der Waals surface area contributed by atoms with Crippen LogP contribution in [0.25, 0.3) is 0 Å². The number of hydrogen-bond acceptors (Lipinski definition) is 3. The highest BCUT2D eigenvalue weighted by Gasteiger charge is 2.25. The van der Waals surface area contributed by atoms with Crippen molar-refractivity contribution in [3.05, 3.63) is 0 Å². The van der Waals surface area contributed by atoms with Crippen molar-refractivity contribution in [2.45, 2.75) is 38.8 Å². The van der Waals surface area contributed by atoms with Crippen LogP contribution < -0.4 is 5.32 Å². The first-order valence-electron chi connectivity index (χ1n) is 3.94. The molecule has 6 heteroatoms. The maximum absolute atomic E-state index is 10.6. The maximum Gasteiger partial charge on any atom is 0.321 e. The fourth-order valence-electron chi connectivity index (χ4n) is 0.897. The lowest BCUT2D eigenvalue weighted by atomic mass is 10.1. The van der Waals surface area contributed by atoms with E-state index in [-0.39, 0.29) is 12.4 Å². The molecule has 0 radical (unpaired) electrons. The monoisotopic (exact) mass is 225 g/mol. The number of hydrogen-bond donors (Lipinski definition) is 3. The SMILES string of the molecule is CC(C)(C)N[C@@H](CC(=O)O)C(=O)O.Cl. The van der Waals surface area contributed by atoms with Gasteiger partial charge < -0.3 is 10.2 Å². The summed E-state index contributed by atoms with van der Waals surface area (Å²) in [7, 11) is 0. The van der Waals surface area contributed by atoms with Gasteiger partial charge in [0.05, 0.1) is 6.42 Å². The average Bonchev–Trinajstić information content (AvgIpc) is 1.81. The van der Waals surface area contributed by atoms with Gasteiger partial charge in [-0.15, -0.1) is 12.4 Å². The zero-order valence-electron chi connectivity index (χ0n) is 8.40. The molecular weight excluding hydrogens is 210 g/mol. The van der Waals surface area contributed by atoms with Gasteiger partial charge in [0.1, 0.15) is 6.04 Å². The molecule has 0 saturated carbocycles. The number of rotatable bonds is 4. The normalized spacial score (nSPS) is 12.8. The van der Waals surface area contributed by atoms with E-state index in [1.165, 1.54) is 0 Å². The van der Waals surface area contributed by atoms with Crippen molar-refractivity contribution in [3.63, 3.8) is 0 Å². The molecule has 0 aliphatic rings. The second kappa shape index (κ2) is 5.82. The quantitative estimate of drug-likeness (QED) is 0.657. The van der Waals surface area contributed by atoms with Gasteiger partial charge in [-0.05, 0) is 20.8 Å². The van der Waals surface area contributed by atoms with Crippen molar-refractivity contribution in [2.24, 2.45) is 0 Å². The standard InChI is InChI=1S/C8H15NO4.ClH/c1-8(2,3)9-5(7(12)13)4-6(10)11;/h5,9H,4H2,1-3H3,(H,10,11)(H,12,13);1H/t5-;/m0./s1. The minimum Gasteiger partial charge on any atom is -0.481 e. The van der Waals surface area contributed by atoms with Crippen LogP contribution in [0.5, 0.6) is 0 Å². The molecule has 5 nitrogen and oxygen atoms in total. The van der Waals surface area contributed by atoms with Gasteiger partial charge >= 0.3 is 11.9 Å². The van der Waals surface area contributed by atoms with Crippen LogP contribution in [0.1, 0.15) is 27.2 Å². The fraction of sp³-hybridized carbons (Fsp3) is 0.750. The Kier molecular flexibility index (Phi) is 6.51. The Morgan fingerprint density at radius 3 is 1.93 bits per heavy atom. The first kappa shape index (κ1) is 15.7. The molecule has 3 N–H and O–H groups in total. The Morgan fingerprint density at radius 1 is 1.29 bits per heavy atom. The summed E-state index contributed by atoms with van der Waals surface area (Å²) in [6.07, 6.45) is -0.410. The molecule has 0 amide bonds. The number of nitrogens with one attached hydrogen (secondary N) is 1. The number of carboxylic acid groups (broad SMARTS) is 2. The largest absolute Gasteiger partial charge is 0.481 e. The van der Waals surface area contributed by atoms with E-state index in [9.17, 15) is 9.59 Å². The molecule has 0 aromatic rings. The molecule has 0 fully saturated rings. The number of halogens is 1. The molecule has 1 atom stereocenters. The predicted molar refractivity (Wildman–Crippen MR) is 53.8 cm³/mol. The second-order valence-electron chi connectivity index (χ2n) is 3.88. The minimum absolute atomic E-state index is 0. The van der Waals surface area contributed by atoms with E-state index < -0.39 is 29.9 Å². The molecule has 84 valence electrons. The molecule has 0 aromatic carbocycles. The van der Waals surface area contributed by atoms with Crippen LogP contribution in [0, 0.1) is 0 Å². The van der Waals surface area contributed by atoms with Crippen LogP contribution >= 0.6 is 12.4 Å². The lowest BCUT2D eigenvalue weighted by Crippen LogP contribution is -2.48. The molecule has 0 saturated heterocycles. The van der Waals surface area contributed by atoms with Crippen LogP contribution in [0.4, 0.5) is 0 Å². The van der Waals surface area contributed by atoms with Gasteiger partial charge in [0.25, 0.3) is 0 Å². The third-order valence-electron chi connectivity index (χ3n) is 1.28. The molecule has 0 spiro atoms. The zero-order valence-corrected chi connectivity index (χ0v) is 9.22. The first-order chi connectivity index (χ1) is 5.72. The van der Waals surface area contributed by atoms with Crippen LogP contribution in [-0.4, -0.2) is 33.7 Å². The molecule has 0 aliphatic heterocycles. The third kappa shape index (κ3) is 7.82. The third-order valence-corrected chi connectivity index (χ3v) is 1.28. The Labute approximate surface area is 88.9 Å². The summed E-state index contributed by atoms with van der Waals surface area (Å²) in [6.45, 7) is 5.35. The molecule has 0 aromatic heterocycles. The maximum atomic E-state index is 10.6. The van der Waals surface area contributed by atoms with Gasteiger partial charge in [-0.25, -0.2) is 0 Å². The molecule has 0 unspecified atom stereocenters. The zero-order chi connectivity index (χ0) is 10.6. The Morgan fingerprint density at radius 2 is 1.71 bits per heavy atom. The lowest BCUT2D eigenvalue weighted by Gasteiger charge is -2.24. The van der Waals surface area contributed by atoms with E-state index in [1.807, 2.05) is 0 Å². The average molecular weight is 226 g/mol. The summed E-state index contributed by atoms with van der Waals surface area (Å²) < 4.78 is 0. The summed E-state index contributed by atoms with van der Waals surface area (Å²) in [5.74, 6) is -2.26. The summed E-state index contributed by atoms with van der Waals surface area (Å²) >= 11 is 0. The van der Waals surface area contributed by atoms with Crippen LogP contribution in [-0.2, 0) is 9.59 Å². The lowest BCUT2D eigenvalue weighted by molar-refractivity contribution is -0.146. The topological polar surface area (TPSA) is 86.6 Å². The van der Waals surface area contributed by atoms with Crippen molar-refractivity contribution in [1.82, 2.24) is 5.32 Å². The number of aliphatic carboxylic acids is 2. The highest BCUT2D eigenvalue weighted by atomic mass is 35.5. The van der Waals surface area contributed by atoms with Crippen molar-refractivity contribution in [1.29, 1.82) is 0 Å². The molecule has 0 aliphatic carbocycles. The van der Waals surface area contributed by atoms with Gasteiger partial charge in [0.2, 0.25) is 0 Å². The summed E-state index contributed by atoms with van der Waals surface area (Å²) in [5, 5.41) is 19.8. The first-order valence-corrected chi connectivity index (χ1v) is 3.94. The molecule has 14 heavy (non-hydrogen) atoms. The van der Waals surface area contributed by atoms with Gasteiger partial charge in [-0.1, -0.05) is 0 Å². The van der Waals surface area contributed by atoms with E-state index in [0.29, 0.717) is 0 Å². The van der Waals surface area contributed by atoms with E-state index in [2.05, 4.69) is 5.32 Å². The smallest absolute Gasteiger partial charge is 0.321 e. The van der Waals surface area contributed by atoms with Gasteiger partial charge in [0.15, 0.2) is 0 Å². The van der Waals surface area contributed by atoms with Crippen LogP contribution in [0.3, 0.4) is 0 Å². The fourth-order valence-corrected chi connectivity index (χ4v) is 0.897. The highest BCUT2D eigenvalue weighted by molar-refractivity contribution is 5.85. The van der Waals surface area contributed by atoms with Gasteiger partial charge in [-0.3, -0.25) is 14.9 Å². The van der Waals surface area contributed by atoms with Crippen molar-refractivity contribution in [3.8, 4) is 0 Å². The Bertz CT molecular complexity index is 212.